The van der Waals surface area contributed by atoms with Crippen LogP contribution in [-0.2, 0) is 9.84 Å². The molecule has 0 unspecified atom stereocenters. The van der Waals surface area contributed by atoms with Crippen LogP contribution < -0.4 is 5.32 Å². The van der Waals surface area contributed by atoms with Crippen LogP contribution in [-0.4, -0.2) is 49.5 Å². The van der Waals surface area contributed by atoms with Crippen molar-refractivity contribution in [2.75, 3.05) is 13.1 Å². The van der Waals surface area contributed by atoms with Crippen molar-refractivity contribution in [1.29, 1.82) is 0 Å². The van der Waals surface area contributed by atoms with E-state index >= 15 is 0 Å². The molecule has 0 radical (unpaired) electrons. The van der Waals surface area contributed by atoms with Gasteiger partial charge in [0.15, 0.2) is 9.84 Å². The van der Waals surface area contributed by atoms with Gasteiger partial charge in [-0.25, -0.2) is 8.42 Å². The van der Waals surface area contributed by atoms with Gasteiger partial charge in [0.05, 0.1) is 15.7 Å². The Morgan fingerprint density at radius 3 is 2.20 bits per heavy atom. The van der Waals surface area contributed by atoms with Crippen LogP contribution in [0.1, 0.15) is 53.0 Å². The third-order valence-corrected chi connectivity index (χ3v) is 7.68. The summed E-state index contributed by atoms with van der Waals surface area (Å²) in [4.78, 5) is 27.3. The number of carbonyl (C=O) groups is 2. The first-order chi connectivity index (χ1) is 14.2. The highest BCUT2D eigenvalue weighted by Crippen LogP contribution is 2.21. The van der Waals surface area contributed by atoms with Gasteiger partial charge < -0.3 is 10.2 Å². The van der Waals surface area contributed by atoms with Gasteiger partial charge in [-0.15, -0.1) is 0 Å². The van der Waals surface area contributed by atoms with Gasteiger partial charge in [-0.05, 0) is 57.9 Å². The number of amides is 2. The molecule has 2 aromatic rings. The molecule has 0 bridgehead atoms. The molecule has 1 aliphatic rings. The molecule has 2 aromatic carbocycles. The van der Waals surface area contributed by atoms with Gasteiger partial charge in [0.25, 0.3) is 11.8 Å². The molecule has 2 amide bonds. The first-order valence-electron chi connectivity index (χ1n) is 10.2. The second kappa shape index (κ2) is 9.00. The monoisotopic (exact) mass is 428 g/mol. The molecular formula is C23H28N2O4S. The standard InChI is InChI=1S/C23H28N2O4S/c1-16(2)30(28,29)21-7-5-4-6-20(21)22(26)24-19-12-14-25(15-13-19)23(27)18-10-8-17(3)9-11-18/h4-11,16,19H,12-15H2,1-3H3,(H,24,26). The molecule has 0 aliphatic carbocycles. The van der Waals surface area contributed by atoms with E-state index in [1.165, 1.54) is 6.07 Å². The number of likely N-dealkylation sites (tertiary alicyclic amines) is 1. The van der Waals surface area contributed by atoms with Crippen LogP contribution in [0.4, 0.5) is 0 Å². The Hall–Kier alpha value is -2.67. The van der Waals surface area contributed by atoms with Gasteiger partial charge in [-0.2, -0.15) is 0 Å². The van der Waals surface area contributed by atoms with Crippen LogP contribution in [0.15, 0.2) is 53.4 Å². The van der Waals surface area contributed by atoms with Crippen molar-refractivity contribution in [2.45, 2.75) is 49.8 Å². The van der Waals surface area contributed by atoms with Crippen LogP contribution in [0.2, 0.25) is 0 Å². The number of rotatable bonds is 5. The summed E-state index contributed by atoms with van der Waals surface area (Å²) in [5.74, 6) is -0.397. The number of hydrogen-bond donors (Lipinski definition) is 1. The molecule has 0 aromatic heterocycles. The van der Waals surface area contributed by atoms with Crippen LogP contribution in [0.25, 0.3) is 0 Å². The van der Waals surface area contributed by atoms with E-state index in [0.717, 1.165) is 5.56 Å². The molecule has 7 heteroatoms. The average molecular weight is 429 g/mol. The summed E-state index contributed by atoms with van der Waals surface area (Å²) in [6.45, 7) is 6.27. The summed E-state index contributed by atoms with van der Waals surface area (Å²) in [5.41, 5.74) is 1.94. The molecule has 30 heavy (non-hydrogen) atoms. The molecule has 0 atom stereocenters. The van der Waals surface area contributed by atoms with Crippen molar-refractivity contribution in [3.63, 3.8) is 0 Å². The number of nitrogens with one attached hydrogen (secondary N) is 1. The topological polar surface area (TPSA) is 83.6 Å². The number of hydrogen-bond acceptors (Lipinski definition) is 4. The lowest BCUT2D eigenvalue weighted by Gasteiger charge is -2.32. The molecule has 1 N–H and O–H groups in total. The molecular weight excluding hydrogens is 400 g/mol. The molecule has 1 aliphatic heterocycles. The SMILES string of the molecule is Cc1ccc(C(=O)N2CCC(NC(=O)c3ccccc3S(=O)(=O)C(C)C)CC2)cc1. The van der Waals surface area contributed by atoms with Crippen LogP contribution >= 0.6 is 0 Å². The third-order valence-electron chi connectivity index (χ3n) is 5.47. The van der Waals surface area contributed by atoms with E-state index < -0.39 is 21.0 Å². The Balaban J connectivity index is 1.64. The van der Waals surface area contributed by atoms with Gasteiger partial charge in [-0.1, -0.05) is 29.8 Å². The fourth-order valence-corrected chi connectivity index (χ4v) is 4.77. The molecule has 160 valence electrons. The fourth-order valence-electron chi connectivity index (χ4n) is 3.53. The number of nitrogens with zero attached hydrogens (tertiary/aromatic N) is 1. The highest BCUT2D eigenvalue weighted by Gasteiger charge is 2.28. The second-order valence-corrected chi connectivity index (χ2v) is 10.5. The predicted octanol–water partition coefficient (Wildman–Crippen LogP) is 3.21. The average Bonchev–Trinajstić information content (AvgIpc) is 2.74. The number of carbonyl (C=O) groups excluding carboxylic acids is 2. The van der Waals surface area contributed by atoms with Crippen molar-refractivity contribution in [3.8, 4) is 0 Å². The smallest absolute Gasteiger partial charge is 0.253 e. The van der Waals surface area contributed by atoms with E-state index in [-0.39, 0.29) is 22.4 Å². The molecule has 6 nitrogen and oxygen atoms in total. The number of aryl methyl sites for hydroxylation is 1. The maximum atomic E-state index is 12.8. The van der Waals surface area contributed by atoms with Gasteiger partial charge >= 0.3 is 0 Å². The van der Waals surface area contributed by atoms with Gasteiger partial charge in [0.2, 0.25) is 0 Å². The van der Waals surface area contributed by atoms with Gasteiger partial charge in [0.1, 0.15) is 0 Å². The Morgan fingerprint density at radius 1 is 1.00 bits per heavy atom. The molecule has 1 heterocycles. The summed E-state index contributed by atoms with van der Waals surface area (Å²) < 4.78 is 25.2. The number of piperidine rings is 1. The minimum absolute atomic E-state index is 0.00634. The van der Waals surface area contributed by atoms with Crippen LogP contribution in [0.5, 0.6) is 0 Å². The van der Waals surface area contributed by atoms with E-state index in [1.807, 2.05) is 31.2 Å². The molecule has 3 rings (SSSR count). The van der Waals surface area contributed by atoms with Gasteiger partial charge in [-0.3, -0.25) is 9.59 Å². The summed E-state index contributed by atoms with van der Waals surface area (Å²) >= 11 is 0. The summed E-state index contributed by atoms with van der Waals surface area (Å²) in [7, 11) is -3.56. The number of benzene rings is 2. The largest absolute Gasteiger partial charge is 0.349 e. The van der Waals surface area contributed by atoms with E-state index in [2.05, 4.69) is 5.32 Å². The van der Waals surface area contributed by atoms with Crippen molar-refractivity contribution >= 4 is 21.7 Å². The zero-order valence-electron chi connectivity index (χ0n) is 17.6. The highest BCUT2D eigenvalue weighted by atomic mass is 32.2. The normalized spacial score (nSPS) is 15.3. The maximum absolute atomic E-state index is 12.8. The van der Waals surface area contributed by atoms with Gasteiger partial charge in [0, 0.05) is 24.7 Å². The van der Waals surface area contributed by atoms with Crippen molar-refractivity contribution < 1.29 is 18.0 Å². The minimum atomic E-state index is -3.56. The van der Waals surface area contributed by atoms with E-state index in [9.17, 15) is 18.0 Å². The zero-order chi connectivity index (χ0) is 21.9. The second-order valence-electron chi connectivity index (χ2n) is 8.00. The quantitative estimate of drug-likeness (QED) is 0.793. The Labute approximate surface area is 178 Å². The van der Waals surface area contributed by atoms with E-state index in [0.29, 0.717) is 31.5 Å². The minimum Gasteiger partial charge on any atom is -0.349 e. The van der Waals surface area contributed by atoms with Crippen LogP contribution in [0, 0.1) is 6.92 Å². The van der Waals surface area contributed by atoms with Crippen molar-refractivity contribution in [3.05, 3.63) is 65.2 Å². The lowest BCUT2D eigenvalue weighted by atomic mass is 10.0. The molecule has 0 saturated carbocycles. The predicted molar refractivity (Wildman–Crippen MR) is 116 cm³/mol. The lowest BCUT2D eigenvalue weighted by molar-refractivity contribution is 0.0698. The Bertz CT molecular complexity index is 1020. The zero-order valence-corrected chi connectivity index (χ0v) is 18.4. The lowest BCUT2D eigenvalue weighted by Crippen LogP contribution is -2.46. The Morgan fingerprint density at radius 2 is 1.60 bits per heavy atom. The number of sulfone groups is 1. The Kier molecular flexibility index (Phi) is 6.61. The maximum Gasteiger partial charge on any atom is 0.253 e. The van der Waals surface area contributed by atoms with Crippen LogP contribution in [0.3, 0.4) is 0 Å². The molecule has 0 spiro atoms. The van der Waals surface area contributed by atoms with E-state index in [1.54, 1.807) is 36.9 Å². The van der Waals surface area contributed by atoms with E-state index in [4.69, 9.17) is 0 Å². The van der Waals surface area contributed by atoms with Crippen molar-refractivity contribution in [1.82, 2.24) is 10.2 Å². The molecule has 1 saturated heterocycles. The fraction of sp³-hybridized carbons (Fsp3) is 0.391. The first-order valence-corrected chi connectivity index (χ1v) is 11.7. The van der Waals surface area contributed by atoms with Crippen molar-refractivity contribution in [2.24, 2.45) is 0 Å². The highest BCUT2D eigenvalue weighted by molar-refractivity contribution is 7.92. The summed E-state index contributed by atoms with van der Waals surface area (Å²) in [6.07, 6.45) is 1.25. The summed E-state index contributed by atoms with van der Waals surface area (Å²) in [5, 5.41) is 2.34. The summed E-state index contributed by atoms with van der Waals surface area (Å²) in [6, 6.07) is 13.7. The molecule has 1 fully saturated rings. The first kappa shape index (κ1) is 22.0. The third kappa shape index (κ3) is 4.73.